The average molecular weight is 715 g/mol. The Bertz CT molecular complexity index is 1590. The van der Waals surface area contributed by atoms with E-state index in [1.807, 2.05) is 61.5 Å². The van der Waals surface area contributed by atoms with Crippen molar-refractivity contribution in [2.75, 3.05) is 36.0 Å². The van der Waals surface area contributed by atoms with Crippen LogP contribution in [0.1, 0.15) is 71.5 Å². The SMILES string of the molecule is C=CCCC(=O)N[C@H](C)[C@@H](OC(=O)[C@@H]1[C@@H]2CC[C@]3(O2)[C@H](C(=O)N(CC=C)c2ccc(N(CC)CC)cc2)N([C@@H](CC)CO)C(=O)[C@@H]13)c1ccccc1. The van der Waals surface area contributed by atoms with E-state index in [4.69, 9.17) is 9.47 Å². The van der Waals surface area contributed by atoms with E-state index in [2.05, 4.69) is 37.2 Å². The fraction of sp³-hybridized carbons (Fsp3) is 0.512. The number of carbonyl (C=O) groups excluding carboxylic acids is 4. The number of hydrogen-bond acceptors (Lipinski definition) is 8. The Morgan fingerprint density at radius 1 is 1.06 bits per heavy atom. The first-order valence-corrected chi connectivity index (χ1v) is 18.6. The van der Waals surface area contributed by atoms with Gasteiger partial charge in [0.25, 0.3) is 5.91 Å². The van der Waals surface area contributed by atoms with Crippen LogP contribution < -0.4 is 15.1 Å². The van der Waals surface area contributed by atoms with E-state index in [9.17, 15) is 24.3 Å². The second kappa shape index (κ2) is 16.9. The summed E-state index contributed by atoms with van der Waals surface area (Å²) in [5.41, 5.74) is 1.07. The van der Waals surface area contributed by atoms with Crippen molar-refractivity contribution in [3.63, 3.8) is 0 Å². The Balaban J connectivity index is 1.49. The minimum Gasteiger partial charge on any atom is -0.455 e. The highest BCUT2D eigenvalue weighted by atomic mass is 16.6. The molecule has 2 N–H and O–H groups in total. The smallest absolute Gasteiger partial charge is 0.313 e. The number of nitrogens with one attached hydrogen (secondary N) is 1. The highest BCUT2D eigenvalue weighted by Gasteiger charge is 2.75. The second-order valence-corrected chi connectivity index (χ2v) is 13.9. The largest absolute Gasteiger partial charge is 0.455 e. The monoisotopic (exact) mass is 714 g/mol. The number of esters is 1. The third-order valence-electron chi connectivity index (χ3n) is 11.0. The molecule has 2 aromatic carbocycles. The molecular formula is C41H54N4O7. The Hall–Kier alpha value is -4.48. The Labute approximate surface area is 307 Å². The molecular weight excluding hydrogens is 660 g/mol. The number of benzene rings is 2. The average Bonchev–Trinajstić information content (AvgIpc) is 3.81. The minimum absolute atomic E-state index is 0.183. The van der Waals surface area contributed by atoms with Crippen molar-refractivity contribution in [2.45, 2.75) is 95.7 Å². The molecule has 3 saturated heterocycles. The van der Waals surface area contributed by atoms with Crippen molar-refractivity contribution in [3.8, 4) is 0 Å². The summed E-state index contributed by atoms with van der Waals surface area (Å²) in [4.78, 5) is 62.0. The van der Waals surface area contributed by atoms with Crippen molar-refractivity contribution >= 4 is 35.1 Å². The van der Waals surface area contributed by atoms with Crippen molar-refractivity contribution < 1.29 is 33.8 Å². The lowest BCUT2D eigenvalue weighted by molar-refractivity contribution is -0.162. The predicted molar refractivity (Wildman–Crippen MR) is 200 cm³/mol. The van der Waals surface area contributed by atoms with Crippen molar-refractivity contribution in [1.29, 1.82) is 0 Å². The number of aliphatic hydroxyl groups excluding tert-OH is 1. The van der Waals surface area contributed by atoms with Crippen LogP contribution in [0.25, 0.3) is 0 Å². The molecule has 11 nitrogen and oxygen atoms in total. The summed E-state index contributed by atoms with van der Waals surface area (Å²) >= 11 is 0. The summed E-state index contributed by atoms with van der Waals surface area (Å²) in [5.74, 6) is -3.54. The fourth-order valence-corrected chi connectivity index (χ4v) is 8.42. The lowest BCUT2D eigenvalue weighted by Crippen LogP contribution is -2.59. The topological polar surface area (TPSA) is 129 Å². The molecule has 3 amide bonds. The van der Waals surface area contributed by atoms with E-state index in [0.717, 1.165) is 18.8 Å². The van der Waals surface area contributed by atoms with Gasteiger partial charge in [-0.3, -0.25) is 19.2 Å². The van der Waals surface area contributed by atoms with E-state index in [0.29, 0.717) is 36.9 Å². The van der Waals surface area contributed by atoms with Crippen molar-refractivity contribution in [1.82, 2.24) is 10.2 Å². The molecule has 0 aliphatic carbocycles. The third-order valence-corrected chi connectivity index (χ3v) is 11.0. The summed E-state index contributed by atoms with van der Waals surface area (Å²) in [5, 5.41) is 13.5. The number of allylic oxidation sites excluding steroid dienone is 1. The van der Waals surface area contributed by atoms with Crippen LogP contribution in [0.2, 0.25) is 0 Å². The number of rotatable bonds is 18. The van der Waals surface area contributed by atoms with E-state index in [1.165, 1.54) is 4.90 Å². The van der Waals surface area contributed by atoms with E-state index in [1.54, 1.807) is 24.0 Å². The molecule has 52 heavy (non-hydrogen) atoms. The van der Waals surface area contributed by atoms with Gasteiger partial charge in [0.1, 0.15) is 17.7 Å². The number of fused-ring (bicyclic) bond motifs is 1. The number of hydrogen-bond donors (Lipinski definition) is 2. The van der Waals surface area contributed by atoms with Gasteiger partial charge < -0.3 is 34.6 Å². The molecule has 1 spiro atoms. The van der Waals surface area contributed by atoms with Crippen molar-refractivity contribution in [3.05, 3.63) is 85.5 Å². The molecule has 3 aliphatic rings. The zero-order valence-electron chi connectivity index (χ0n) is 30.9. The van der Waals surface area contributed by atoms with E-state index < -0.39 is 59.6 Å². The molecule has 0 unspecified atom stereocenters. The number of anilines is 2. The number of nitrogens with zero attached hydrogens (tertiary/aromatic N) is 3. The van der Waals surface area contributed by atoms with Gasteiger partial charge in [-0.1, -0.05) is 49.4 Å². The molecule has 2 aromatic rings. The van der Waals surface area contributed by atoms with Gasteiger partial charge in [0.15, 0.2) is 0 Å². The molecule has 0 aromatic heterocycles. The number of likely N-dealkylation sites (tertiary alicyclic amines) is 1. The first-order valence-electron chi connectivity index (χ1n) is 18.6. The van der Waals surface area contributed by atoms with Gasteiger partial charge in [0, 0.05) is 37.4 Å². The lowest BCUT2D eigenvalue weighted by atomic mass is 9.70. The summed E-state index contributed by atoms with van der Waals surface area (Å²) in [6.07, 6.45) is 3.84. The molecule has 2 bridgehead atoms. The first-order chi connectivity index (χ1) is 25.1. The van der Waals surface area contributed by atoms with E-state index >= 15 is 0 Å². The molecule has 3 fully saturated rings. The van der Waals surface area contributed by atoms with E-state index in [-0.39, 0.29) is 31.4 Å². The maximum Gasteiger partial charge on any atom is 0.313 e. The molecule has 8 atom stereocenters. The van der Waals surface area contributed by atoms with Crippen LogP contribution in [0.5, 0.6) is 0 Å². The van der Waals surface area contributed by atoms with Gasteiger partial charge >= 0.3 is 5.97 Å². The highest BCUT2D eigenvalue weighted by Crippen LogP contribution is 2.59. The van der Waals surface area contributed by atoms with Crippen LogP contribution >= 0.6 is 0 Å². The molecule has 3 aliphatic heterocycles. The standard InChI is InChI=1S/C41H54N4O7/c1-7-12-18-33(47)42-27(6)36(28-16-14-13-15-17-28)51-40(50)34-32-23-24-41(52-32)35(34)38(48)45(29(9-3)26-46)37(41)39(49)44(25-8-2)31-21-19-30(20-22-31)43(10-4)11-5/h7-8,13-17,19-22,27,29,32,34-37,46H,1-2,9-12,18,23-26H2,3-6H3,(H,42,47)/t27-,29+,32+,34-,35-,36-,37+,41-/m1/s1. The van der Waals surface area contributed by atoms with Crippen LogP contribution in [0, 0.1) is 11.8 Å². The summed E-state index contributed by atoms with van der Waals surface area (Å²) in [6, 6.07) is 14.6. The van der Waals surface area contributed by atoms with Crippen LogP contribution in [0.4, 0.5) is 11.4 Å². The lowest BCUT2D eigenvalue weighted by Gasteiger charge is -2.39. The predicted octanol–water partition coefficient (Wildman–Crippen LogP) is 4.95. The summed E-state index contributed by atoms with van der Waals surface area (Å²) in [7, 11) is 0. The quantitative estimate of drug-likeness (QED) is 0.164. The normalized spacial score (nSPS) is 24.8. The van der Waals surface area contributed by atoms with Gasteiger partial charge in [-0.15, -0.1) is 13.2 Å². The molecule has 0 radical (unpaired) electrons. The Morgan fingerprint density at radius 3 is 2.33 bits per heavy atom. The molecule has 0 saturated carbocycles. The molecule has 3 heterocycles. The molecule has 11 heteroatoms. The second-order valence-electron chi connectivity index (χ2n) is 13.9. The van der Waals surface area contributed by atoms with Crippen LogP contribution in [-0.2, 0) is 28.7 Å². The number of amides is 3. The summed E-state index contributed by atoms with van der Waals surface area (Å²) < 4.78 is 12.9. The van der Waals surface area contributed by atoms with Gasteiger partial charge in [-0.05, 0) is 76.3 Å². The van der Waals surface area contributed by atoms with Crippen LogP contribution in [0.15, 0.2) is 79.9 Å². The van der Waals surface area contributed by atoms with Crippen LogP contribution in [0.3, 0.4) is 0 Å². The molecule has 280 valence electrons. The fourth-order valence-electron chi connectivity index (χ4n) is 8.42. The zero-order valence-corrected chi connectivity index (χ0v) is 30.9. The molecule has 5 rings (SSSR count). The zero-order chi connectivity index (χ0) is 37.6. The maximum atomic E-state index is 14.9. The third kappa shape index (κ3) is 7.25. The Kier molecular flexibility index (Phi) is 12.6. The van der Waals surface area contributed by atoms with Crippen molar-refractivity contribution in [2.24, 2.45) is 11.8 Å². The number of carbonyl (C=O) groups is 4. The minimum atomic E-state index is -1.29. The highest BCUT2D eigenvalue weighted by molar-refractivity contribution is 6.05. The van der Waals surface area contributed by atoms with Gasteiger partial charge in [0.05, 0.1) is 36.6 Å². The number of ether oxygens (including phenoxy) is 2. The maximum absolute atomic E-state index is 14.9. The van der Waals surface area contributed by atoms with Gasteiger partial charge in [-0.2, -0.15) is 0 Å². The summed E-state index contributed by atoms with van der Waals surface area (Å²) in [6.45, 7) is 16.9. The first kappa shape index (κ1) is 38.7. The number of aliphatic hydroxyl groups is 1. The van der Waals surface area contributed by atoms with Crippen LogP contribution in [-0.4, -0.2) is 89.8 Å². The van der Waals surface area contributed by atoms with Gasteiger partial charge in [0.2, 0.25) is 11.8 Å². The van der Waals surface area contributed by atoms with Gasteiger partial charge in [-0.25, -0.2) is 0 Å². The Morgan fingerprint density at radius 2 is 1.73 bits per heavy atom.